The Balaban J connectivity index is 1.97. The van der Waals surface area contributed by atoms with Crippen LogP contribution in [0.2, 0.25) is 0 Å². The summed E-state index contributed by atoms with van der Waals surface area (Å²) in [5, 5.41) is 0. The van der Waals surface area contributed by atoms with Crippen molar-refractivity contribution in [3.05, 3.63) is 0 Å². The smallest absolute Gasteiger partial charge is 0.0935 e. The van der Waals surface area contributed by atoms with Gasteiger partial charge in [0, 0.05) is 18.0 Å². The highest BCUT2D eigenvalue weighted by molar-refractivity contribution is 5.03. The fraction of sp³-hybridized carbons (Fsp3) is 1.00. The molecule has 2 heterocycles. The summed E-state index contributed by atoms with van der Waals surface area (Å²) in [5.41, 5.74) is 0.182. The van der Waals surface area contributed by atoms with Gasteiger partial charge in [0.1, 0.15) is 0 Å². The first-order valence-electron chi connectivity index (χ1n) is 6.09. The maximum Gasteiger partial charge on any atom is 0.0935 e. The van der Waals surface area contributed by atoms with E-state index in [1.54, 1.807) is 0 Å². The molecule has 3 heteroatoms. The Bertz CT molecular complexity index is 222. The molecule has 0 aromatic heterocycles. The highest BCUT2D eigenvalue weighted by Crippen LogP contribution is 2.41. The van der Waals surface area contributed by atoms with Crippen molar-refractivity contribution in [2.45, 2.75) is 44.8 Å². The van der Waals surface area contributed by atoms with Gasteiger partial charge in [-0.1, -0.05) is 0 Å². The molecule has 15 heavy (non-hydrogen) atoms. The lowest BCUT2D eigenvalue weighted by Gasteiger charge is -2.32. The van der Waals surface area contributed by atoms with Crippen LogP contribution >= 0.6 is 0 Å². The molecule has 0 bridgehead atoms. The molecule has 2 saturated heterocycles. The van der Waals surface area contributed by atoms with Gasteiger partial charge in [-0.05, 0) is 39.7 Å². The summed E-state index contributed by atoms with van der Waals surface area (Å²) in [6.07, 6.45) is 3.72. The second-order valence-electron chi connectivity index (χ2n) is 5.36. The highest BCUT2D eigenvalue weighted by atomic mass is 19.1. The standard InChI is InChI=1S/C12H22FNO/c1-10(2)15-9-12-4-3-5-14(12)8-11(6-12)7-13/h10-11H,3-9H2,1-2H3/t11-,12-/m0/s1. The second kappa shape index (κ2) is 4.38. The van der Waals surface area contributed by atoms with E-state index in [0.717, 1.165) is 26.1 Å². The van der Waals surface area contributed by atoms with Gasteiger partial charge in [-0.3, -0.25) is 9.29 Å². The van der Waals surface area contributed by atoms with E-state index >= 15 is 0 Å². The molecule has 0 saturated carbocycles. The number of alkyl halides is 1. The van der Waals surface area contributed by atoms with Gasteiger partial charge in [0.2, 0.25) is 0 Å². The van der Waals surface area contributed by atoms with Crippen LogP contribution in [-0.2, 0) is 4.74 Å². The largest absolute Gasteiger partial charge is 0.377 e. The average Bonchev–Trinajstić information content (AvgIpc) is 2.70. The first-order chi connectivity index (χ1) is 7.16. The van der Waals surface area contributed by atoms with Crippen molar-refractivity contribution in [3.63, 3.8) is 0 Å². The van der Waals surface area contributed by atoms with E-state index in [4.69, 9.17) is 4.74 Å². The van der Waals surface area contributed by atoms with Crippen LogP contribution in [-0.4, -0.2) is 42.9 Å². The third kappa shape index (κ3) is 2.18. The molecule has 0 aliphatic carbocycles. The SMILES string of the molecule is CC(C)OC[C@@]12CCCN1C[C@H](CF)C2. The maximum atomic E-state index is 12.7. The molecule has 2 aliphatic heterocycles. The first-order valence-corrected chi connectivity index (χ1v) is 6.09. The molecule has 2 nitrogen and oxygen atoms in total. The zero-order valence-corrected chi connectivity index (χ0v) is 9.84. The zero-order chi connectivity index (χ0) is 10.9. The van der Waals surface area contributed by atoms with E-state index in [-0.39, 0.29) is 24.2 Å². The fourth-order valence-corrected chi connectivity index (χ4v) is 3.07. The van der Waals surface area contributed by atoms with Gasteiger partial charge in [-0.2, -0.15) is 0 Å². The Labute approximate surface area is 91.8 Å². The summed E-state index contributed by atoms with van der Waals surface area (Å²) in [6.45, 7) is 6.84. The Kier molecular flexibility index (Phi) is 3.31. The average molecular weight is 215 g/mol. The summed E-state index contributed by atoms with van der Waals surface area (Å²) in [4.78, 5) is 2.46. The molecule has 0 amide bonds. The highest BCUT2D eigenvalue weighted by Gasteiger charge is 2.48. The summed E-state index contributed by atoms with van der Waals surface area (Å²) in [6, 6.07) is 0. The molecular formula is C12H22FNO. The maximum absolute atomic E-state index is 12.7. The Hall–Kier alpha value is -0.150. The van der Waals surface area contributed by atoms with Crippen molar-refractivity contribution in [3.8, 4) is 0 Å². The lowest BCUT2D eigenvalue weighted by atomic mass is 9.91. The molecule has 88 valence electrons. The monoisotopic (exact) mass is 215 g/mol. The van der Waals surface area contributed by atoms with Crippen LogP contribution in [0, 0.1) is 5.92 Å². The zero-order valence-electron chi connectivity index (χ0n) is 9.84. The van der Waals surface area contributed by atoms with Crippen LogP contribution in [0.15, 0.2) is 0 Å². The first kappa shape index (κ1) is 11.3. The number of hydrogen-bond acceptors (Lipinski definition) is 2. The van der Waals surface area contributed by atoms with E-state index in [2.05, 4.69) is 18.7 Å². The topological polar surface area (TPSA) is 12.5 Å². The fourth-order valence-electron chi connectivity index (χ4n) is 3.07. The van der Waals surface area contributed by atoms with Crippen LogP contribution in [0.5, 0.6) is 0 Å². The number of rotatable bonds is 4. The molecule has 2 fully saturated rings. The summed E-state index contributed by atoms with van der Waals surface area (Å²) in [5.74, 6) is 0.251. The molecule has 0 aromatic carbocycles. The van der Waals surface area contributed by atoms with Gasteiger partial charge in [0.05, 0.1) is 19.4 Å². The van der Waals surface area contributed by atoms with Gasteiger partial charge in [-0.25, -0.2) is 0 Å². The molecule has 0 spiro atoms. The second-order valence-corrected chi connectivity index (χ2v) is 5.36. The normalized spacial score (nSPS) is 36.4. The van der Waals surface area contributed by atoms with Crippen LogP contribution < -0.4 is 0 Å². The van der Waals surface area contributed by atoms with Gasteiger partial charge in [0.15, 0.2) is 0 Å². The predicted octanol–water partition coefficient (Wildman–Crippen LogP) is 2.24. The van der Waals surface area contributed by atoms with Crippen molar-refractivity contribution in [2.75, 3.05) is 26.4 Å². The van der Waals surface area contributed by atoms with E-state index in [1.165, 1.54) is 12.8 Å². The number of nitrogens with zero attached hydrogens (tertiary/aromatic N) is 1. The molecule has 0 aromatic rings. The molecule has 2 atom stereocenters. The number of hydrogen-bond donors (Lipinski definition) is 0. The van der Waals surface area contributed by atoms with Crippen LogP contribution in [0.25, 0.3) is 0 Å². The van der Waals surface area contributed by atoms with E-state index < -0.39 is 0 Å². The van der Waals surface area contributed by atoms with Gasteiger partial charge >= 0.3 is 0 Å². The molecule has 0 unspecified atom stereocenters. The molecule has 2 aliphatic rings. The van der Waals surface area contributed by atoms with Crippen molar-refractivity contribution < 1.29 is 9.13 Å². The van der Waals surface area contributed by atoms with Crippen LogP contribution in [0.3, 0.4) is 0 Å². The van der Waals surface area contributed by atoms with E-state index in [0.29, 0.717) is 0 Å². The van der Waals surface area contributed by atoms with Crippen LogP contribution in [0.1, 0.15) is 33.1 Å². The van der Waals surface area contributed by atoms with Gasteiger partial charge < -0.3 is 4.74 Å². The Morgan fingerprint density at radius 2 is 2.33 bits per heavy atom. The predicted molar refractivity (Wildman–Crippen MR) is 58.7 cm³/mol. The van der Waals surface area contributed by atoms with Crippen molar-refractivity contribution in [1.29, 1.82) is 0 Å². The van der Waals surface area contributed by atoms with Crippen molar-refractivity contribution >= 4 is 0 Å². The van der Waals surface area contributed by atoms with E-state index in [9.17, 15) is 4.39 Å². The summed E-state index contributed by atoms with van der Waals surface area (Å²) >= 11 is 0. The number of ether oxygens (including phenoxy) is 1. The third-order valence-electron chi connectivity index (χ3n) is 3.79. The van der Waals surface area contributed by atoms with Gasteiger partial charge in [0.25, 0.3) is 0 Å². The quantitative estimate of drug-likeness (QED) is 0.713. The number of halogens is 1. The summed E-state index contributed by atoms with van der Waals surface area (Å²) in [7, 11) is 0. The number of fused-ring (bicyclic) bond motifs is 1. The Morgan fingerprint density at radius 1 is 1.53 bits per heavy atom. The third-order valence-corrected chi connectivity index (χ3v) is 3.79. The van der Waals surface area contributed by atoms with Gasteiger partial charge in [-0.15, -0.1) is 0 Å². The minimum atomic E-state index is -0.167. The Morgan fingerprint density at radius 3 is 3.00 bits per heavy atom. The van der Waals surface area contributed by atoms with Crippen molar-refractivity contribution in [1.82, 2.24) is 4.90 Å². The molecule has 2 rings (SSSR count). The minimum absolute atomic E-state index is 0.167. The molecule has 0 N–H and O–H groups in total. The minimum Gasteiger partial charge on any atom is -0.377 e. The lowest BCUT2D eigenvalue weighted by Crippen LogP contribution is -2.43. The lowest BCUT2D eigenvalue weighted by molar-refractivity contribution is 0.00283. The molecular weight excluding hydrogens is 193 g/mol. The van der Waals surface area contributed by atoms with Crippen molar-refractivity contribution in [2.24, 2.45) is 5.92 Å². The van der Waals surface area contributed by atoms with E-state index in [1.807, 2.05) is 0 Å². The van der Waals surface area contributed by atoms with Crippen LogP contribution in [0.4, 0.5) is 4.39 Å². The molecule has 0 radical (unpaired) electrons. The summed E-state index contributed by atoms with van der Waals surface area (Å²) < 4.78 is 18.5.